The van der Waals surface area contributed by atoms with Crippen LogP contribution in [0.25, 0.3) is 10.2 Å². The fourth-order valence-electron chi connectivity index (χ4n) is 6.46. The summed E-state index contributed by atoms with van der Waals surface area (Å²) in [6.07, 6.45) is 11.7. The Morgan fingerprint density at radius 3 is 2.88 bits per heavy atom. The van der Waals surface area contributed by atoms with Gasteiger partial charge in [-0.05, 0) is 87.2 Å². The smallest absolute Gasteiger partial charge is 0.210 e. The van der Waals surface area contributed by atoms with E-state index in [1.165, 1.54) is 61.0 Å². The third-order valence-corrected chi connectivity index (χ3v) is 11.2. The average molecular weight is 472 g/mol. The minimum absolute atomic E-state index is 0.0770. The number of allylic oxidation sites excluding steroid dienone is 2. The summed E-state index contributed by atoms with van der Waals surface area (Å²) in [6, 6.07) is 7.65. The van der Waals surface area contributed by atoms with Gasteiger partial charge in [0.15, 0.2) is 0 Å². The molecule has 3 nitrogen and oxygen atoms in total. The molecule has 1 aromatic heterocycles. The molecule has 0 spiro atoms. The van der Waals surface area contributed by atoms with E-state index >= 15 is 0 Å². The molecule has 174 valence electrons. The van der Waals surface area contributed by atoms with Crippen LogP contribution in [-0.4, -0.2) is 19.2 Å². The molecule has 5 heteroatoms. The minimum Gasteiger partial charge on any atom is -0.225 e. The first-order chi connectivity index (χ1) is 15.2. The van der Waals surface area contributed by atoms with Crippen molar-refractivity contribution < 1.29 is 8.42 Å². The zero-order valence-corrected chi connectivity index (χ0v) is 21.4. The van der Waals surface area contributed by atoms with Crippen molar-refractivity contribution in [3.63, 3.8) is 0 Å². The first kappa shape index (κ1) is 23.7. The fourth-order valence-corrected chi connectivity index (χ4v) is 8.95. The highest BCUT2D eigenvalue weighted by Gasteiger charge is 2.50. The number of hydrogen-bond donors (Lipinski definition) is 0. The summed E-state index contributed by atoms with van der Waals surface area (Å²) in [5.41, 5.74) is 3.75. The van der Waals surface area contributed by atoms with E-state index in [-0.39, 0.29) is 10.1 Å². The molecule has 3 unspecified atom stereocenters. The van der Waals surface area contributed by atoms with Gasteiger partial charge in [-0.25, -0.2) is 13.4 Å². The predicted octanol–water partition coefficient (Wildman–Crippen LogP) is 7.60. The number of hydrogen-bond acceptors (Lipinski definition) is 4. The maximum absolute atomic E-state index is 13.1. The molecule has 0 N–H and O–H groups in total. The fraction of sp³-hybridized carbons (Fsp3) is 0.593. The maximum Gasteiger partial charge on any atom is 0.210 e. The lowest BCUT2D eigenvalue weighted by Crippen LogP contribution is -2.36. The first-order valence-electron chi connectivity index (χ1n) is 12.1. The van der Waals surface area contributed by atoms with E-state index in [0.29, 0.717) is 11.3 Å². The Morgan fingerprint density at radius 2 is 2.12 bits per heavy atom. The lowest BCUT2D eigenvalue weighted by molar-refractivity contribution is 0.0934. The van der Waals surface area contributed by atoms with Crippen molar-refractivity contribution in [1.29, 1.82) is 0 Å². The van der Waals surface area contributed by atoms with Crippen molar-refractivity contribution in [2.75, 3.05) is 5.75 Å². The SMILES string of the molecule is C=C(C)CCC[C@@H](C)C1CCC2/C(=C/CS(=O)(=O)c3nc4ccccc4s3)CCCC21C. The van der Waals surface area contributed by atoms with Gasteiger partial charge < -0.3 is 0 Å². The van der Waals surface area contributed by atoms with Crippen LogP contribution >= 0.6 is 11.3 Å². The van der Waals surface area contributed by atoms with Gasteiger partial charge in [-0.3, -0.25) is 0 Å². The molecule has 0 aliphatic heterocycles. The zero-order valence-electron chi connectivity index (χ0n) is 19.8. The molecule has 4 rings (SSSR count). The molecule has 2 fully saturated rings. The third kappa shape index (κ3) is 4.75. The Hall–Kier alpha value is -1.46. The van der Waals surface area contributed by atoms with Crippen LogP contribution < -0.4 is 0 Å². The minimum atomic E-state index is -3.40. The van der Waals surface area contributed by atoms with Gasteiger partial charge in [0.25, 0.3) is 0 Å². The van der Waals surface area contributed by atoms with E-state index in [9.17, 15) is 8.42 Å². The monoisotopic (exact) mass is 471 g/mol. The Labute approximate surface area is 198 Å². The molecular weight excluding hydrogens is 434 g/mol. The van der Waals surface area contributed by atoms with Gasteiger partial charge in [-0.1, -0.05) is 49.6 Å². The molecule has 2 aromatic rings. The molecule has 32 heavy (non-hydrogen) atoms. The van der Waals surface area contributed by atoms with Gasteiger partial charge in [0, 0.05) is 0 Å². The Bertz CT molecular complexity index is 1080. The van der Waals surface area contributed by atoms with E-state index < -0.39 is 9.84 Å². The second-order valence-corrected chi connectivity index (χ2v) is 13.7. The molecular formula is C27H37NO2S2. The van der Waals surface area contributed by atoms with Crippen LogP contribution in [0.3, 0.4) is 0 Å². The molecule has 0 amide bonds. The summed E-state index contributed by atoms with van der Waals surface area (Å²) in [5.74, 6) is 2.07. The van der Waals surface area contributed by atoms with Gasteiger partial charge in [0.05, 0.1) is 16.0 Å². The zero-order chi connectivity index (χ0) is 22.9. The topological polar surface area (TPSA) is 47.0 Å². The van der Waals surface area contributed by atoms with Crippen molar-refractivity contribution in [3.8, 4) is 0 Å². The van der Waals surface area contributed by atoms with Crippen molar-refractivity contribution in [3.05, 3.63) is 48.1 Å². The van der Waals surface area contributed by atoms with Crippen molar-refractivity contribution >= 4 is 31.4 Å². The third-order valence-electron chi connectivity index (χ3n) is 8.09. The molecule has 2 aliphatic rings. The highest BCUT2D eigenvalue weighted by Crippen LogP contribution is 2.59. The summed E-state index contributed by atoms with van der Waals surface area (Å²) in [6.45, 7) is 11.1. The van der Waals surface area contributed by atoms with Crippen LogP contribution in [0.4, 0.5) is 0 Å². The molecule has 4 atom stereocenters. The lowest BCUT2D eigenvalue weighted by atomic mass is 9.61. The number of fused-ring (bicyclic) bond motifs is 2. The van der Waals surface area contributed by atoms with Crippen LogP contribution in [0.1, 0.15) is 72.1 Å². The highest BCUT2D eigenvalue weighted by atomic mass is 32.2. The quantitative estimate of drug-likeness (QED) is 0.372. The summed E-state index contributed by atoms with van der Waals surface area (Å²) in [4.78, 5) is 4.40. The normalized spacial score (nSPS) is 28.2. The molecule has 1 aromatic carbocycles. The Balaban J connectivity index is 1.48. The molecule has 1 heterocycles. The predicted molar refractivity (Wildman–Crippen MR) is 136 cm³/mol. The molecule has 2 saturated carbocycles. The van der Waals surface area contributed by atoms with E-state index in [2.05, 4.69) is 38.4 Å². The summed E-state index contributed by atoms with van der Waals surface area (Å²) in [5, 5.41) is 0. The van der Waals surface area contributed by atoms with Crippen molar-refractivity contribution in [2.24, 2.45) is 23.2 Å². The van der Waals surface area contributed by atoms with Crippen LogP contribution in [-0.2, 0) is 9.84 Å². The van der Waals surface area contributed by atoms with Crippen LogP contribution in [0.15, 0.2) is 52.4 Å². The lowest BCUT2D eigenvalue weighted by Gasteiger charge is -2.44. The average Bonchev–Trinajstić information content (AvgIpc) is 3.33. The number of benzene rings is 1. The number of para-hydroxylation sites is 1. The highest BCUT2D eigenvalue weighted by molar-refractivity contribution is 7.93. The van der Waals surface area contributed by atoms with E-state index in [0.717, 1.165) is 34.9 Å². The van der Waals surface area contributed by atoms with E-state index in [4.69, 9.17) is 0 Å². The number of thiazole rings is 1. The van der Waals surface area contributed by atoms with Crippen molar-refractivity contribution in [1.82, 2.24) is 4.98 Å². The molecule has 0 radical (unpaired) electrons. The number of rotatable bonds is 8. The largest absolute Gasteiger partial charge is 0.225 e. The van der Waals surface area contributed by atoms with Gasteiger partial charge in [-0.2, -0.15) is 0 Å². The van der Waals surface area contributed by atoms with E-state index in [1.54, 1.807) is 0 Å². The maximum atomic E-state index is 13.1. The molecule has 2 aliphatic carbocycles. The standard InChI is InChI=1S/C27H37NO2S2/c1-19(2)9-7-10-20(3)22-14-15-23-21(11-8-17-27(22,23)4)16-18-32(29,30)26-28-24-12-5-6-13-25(24)31-26/h5-6,12-13,16,20,22-23H,1,7-11,14-15,17-18H2,2-4H3/b21-16+/t20-,22?,23?,27?/m1/s1. The van der Waals surface area contributed by atoms with E-state index in [1.807, 2.05) is 24.3 Å². The van der Waals surface area contributed by atoms with Crippen LogP contribution in [0, 0.1) is 23.2 Å². The second-order valence-electron chi connectivity index (χ2n) is 10.4. The number of nitrogens with zero attached hydrogens (tertiary/aromatic N) is 1. The van der Waals surface area contributed by atoms with Crippen LogP contribution in [0.5, 0.6) is 0 Å². The Kier molecular flexibility index (Phi) is 6.97. The number of aromatic nitrogens is 1. The second kappa shape index (κ2) is 9.42. The van der Waals surface area contributed by atoms with Gasteiger partial charge >= 0.3 is 0 Å². The van der Waals surface area contributed by atoms with Gasteiger partial charge in [0.1, 0.15) is 0 Å². The van der Waals surface area contributed by atoms with Crippen molar-refractivity contribution in [2.45, 2.75) is 76.5 Å². The van der Waals surface area contributed by atoms with Crippen LogP contribution in [0.2, 0.25) is 0 Å². The summed E-state index contributed by atoms with van der Waals surface area (Å²) in [7, 11) is -3.40. The summed E-state index contributed by atoms with van der Waals surface area (Å²) >= 11 is 1.29. The molecule has 0 saturated heterocycles. The van der Waals surface area contributed by atoms with Gasteiger partial charge in [-0.15, -0.1) is 17.9 Å². The summed E-state index contributed by atoms with van der Waals surface area (Å²) < 4.78 is 27.3. The Morgan fingerprint density at radius 1 is 1.34 bits per heavy atom. The van der Waals surface area contributed by atoms with Gasteiger partial charge in [0.2, 0.25) is 14.2 Å². The number of sulfone groups is 1. The first-order valence-corrected chi connectivity index (χ1v) is 14.6. The molecule has 0 bridgehead atoms.